The number of pyridine rings is 1. The van der Waals surface area contributed by atoms with E-state index in [2.05, 4.69) is 15.6 Å². The molecule has 0 bridgehead atoms. The van der Waals surface area contributed by atoms with Crippen LogP contribution in [0, 0.1) is 0 Å². The van der Waals surface area contributed by atoms with Gasteiger partial charge in [0.15, 0.2) is 5.15 Å². The van der Waals surface area contributed by atoms with Gasteiger partial charge >= 0.3 is 0 Å². The Balaban J connectivity index is 1.98. The van der Waals surface area contributed by atoms with E-state index < -0.39 is 0 Å². The SMILES string of the molecule is CNC1(CC(=O)Nc2cccnc2Cl)CCCCC1. The molecule has 0 unspecified atom stereocenters. The van der Waals surface area contributed by atoms with Gasteiger partial charge in [-0.05, 0) is 32.0 Å². The number of carbonyl (C=O) groups is 1. The molecule has 1 heterocycles. The molecule has 2 N–H and O–H groups in total. The molecule has 104 valence electrons. The minimum atomic E-state index is -0.0585. The molecule has 1 aromatic rings. The summed E-state index contributed by atoms with van der Waals surface area (Å²) in [6, 6.07) is 3.52. The Bertz CT molecular complexity index is 444. The van der Waals surface area contributed by atoms with Crippen molar-refractivity contribution in [1.29, 1.82) is 0 Å². The van der Waals surface area contributed by atoms with E-state index in [9.17, 15) is 4.79 Å². The van der Waals surface area contributed by atoms with Gasteiger partial charge in [0.1, 0.15) is 0 Å². The fourth-order valence-corrected chi connectivity index (χ4v) is 2.89. The van der Waals surface area contributed by atoms with E-state index >= 15 is 0 Å². The lowest BCUT2D eigenvalue weighted by Crippen LogP contribution is -2.47. The van der Waals surface area contributed by atoms with Crippen molar-refractivity contribution in [2.24, 2.45) is 0 Å². The van der Waals surface area contributed by atoms with Gasteiger partial charge in [-0.15, -0.1) is 0 Å². The first-order valence-corrected chi connectivity index (χ1v) is 7.12. The normalized spacial score (nSPS) is 18.0. The van der Waals surface area contributed by atoms with Crippen molar-refractivity contribution in [2.45, 2.75) is 44.1 Å². The van der Waals surface area contributed by atoms with Crippen molar-refractivity contribution >= 4 is 23.2 Å². The molecule has 0 saturated heterocycles. The maximum Gasteiger partial charge on any atom is 0.226 e. The number of hydrogen-bond donors (Lipinski definition) is 2. The highest BCUT2D eigenvalue weighted by atomic mass is 35.5. The first-order valence-electron chi connectivity index (χ1n) is 6.74. The predicted molar refractivity (Wildman–Crippen MR) is 77.4 cm³/mol. The zero-order valence-electron chi connectivity index (χ0n) is 11.2. The van der Waals surface area contributed by atoms with Gasteiger partial charge < -0.3 is 10.6 Å². The first kappa shape index (κ1) is 14.3. The highest BCUT2D eigenvalue weighted by Crippen LogP contribution is 2.31. The van der Waals surface area contributed by atoms with Gasteiger partial charge in [0, 0.05) is 18.2 Å². The van der Waals surface area contributed by atoms with Crippen molar-refractivity contribution in [1.82, 2.24) is 10.3 Å². The average molecular weight is 282 g/mol. The quantitative estimate of drug-likeness (QED) is 0.834. The largest absolute Gasteiger partial charge is 0.323 e. The third-order valence-corrected chi connectivity index (χ3v) is 4.17. The van der Waals surface area contributed by atoms with E-state index in [-0.39, 0.29) is 11.4 Å². The molecule has 4 nitrogen and oxygen atoms in total. The molecule has 0 spiro atoms. The van der Waals surface area contributed by atoms with E-state index in [1.807, 2.05) is 7.05 Å². The van der Waals surface area contributed by atoms with Crippen LogP contribution in [0.25, 0.3) is 0 Å². The Morgan fingerprint density at radius 2 is 2.16 bits per heavy atom. The van der Waals surface area contributed by atoms with Gasteiger partial charge in [-0.3, -0.25) is 4.79 Å². The van der Waals surface area contributed by atoms with Gasteiger partial charge in [-0.2, -0.15) is 0 Å². The molecule has 1 fully saturated rings. The Kier molecular flexibility index (Phi) is 4.77. The second-order valence-corrected chi connectivity index (χ2v) is 5.52. The number of hydrogen-bond acceptors (Lipinski definition) is 3. The molecule has 19 heavy (non-hydrogen) atoms. The molecule has 2 rings (SSSR count). The summed E-state index contributed by atoms with van der Waals surface area (Å²) >= 11 is 5.94. The van der Waals surface area contributed by atoms with E-state index in [1.54, 1.807) is 18.3 Å². The molecular formula is C14H20ClN3O. The third kappa shape index (κ3) is 3.67. The minimum Gasteiger partial charge on any atom is -0.323 e. The standard InChI is InChI=1S/C14H20ClN3O/c1-16-14(7-3-2-4-8-14)10-12(19)18-11-6-5-9-17-13(11)15/h5-6,9,16H,2-4,7-8,10H2,1H3,(H,18,19). The van der Waals surface area contributed by atoms with Crippen molar-refractivity contribution < 1.29 is 4.79 Å². The van der Waals surface area contributed by atoms with E-state index in [4.69, 9.17) is 11.6 Å². The lowest BCUT2D eigenvalue weighted by atomic mass is 9.79. The van der Waals surface area contributed by atoms with Gasteiger partial charge in [-0.1, -0.05) is 30.9 Å². The highest BCUT2D eigenvalue weighted by Gasteiger charge is 2.32. The van der Waals surface area contributed by atoms with E-state index in [0.29, 0.717) is 17.3 Å². The molecule has 1 aliphatic rings. The number of nitrogens with zero attached hydrogens (tertiary/aromatic N) is 1. The van der Waals surface area contributed by atoms with E-state index in [0.717, 1.165) is 12.8 Å². The van der Waals surface area contributed by atoms with Crippen LogP contribution in [0.2, 0.25) is 5.15 Å². The van der Waals surface area contributed by atoms with Crippen LogP contribution >= 0.6 is 11.6 Å². The highest BCUT2D eigenvalue weighted by molar-refractivity contribution is 6.32. The summed E-state index contributed by atoms with van der Waals surface area (Å²) < 4.78 is 0. The molecule has 1 aromatic heterocycles. The molecule has 1 aliphatic carbocycles. The molecule has 1 amide bonds. The van der Waals surface area contributed by atoms with Crippen molar-refractivity contribution in [3.63, 3.8) is 0 Å². The zero-order valence-corrected chi connectivity index (χ0v) is 12.0. The third-order valence-electron chi connectivity index (χ3n) is 3.87. The monoisotopic (exact) mass is 281 g/mol. The molecule has 0 radical (unpaired) electrons. The number of nitrogens with one attached hydrogen (secondary N) is 2. The fourth-order valence-electron chi connectivity index (χ4n) is 2.72. The summed E-state index contributed by atoms with van der Waals surface area (Å²) in [5.41, 5.74) is 0.521. The fraction of sp³-hybridized carbons (Fsp3) is 0.571. The number of aromatic nitrogens is 1. The number of rotatable bonds is 4. The van der Waals surface area contributed by atoms with Crippen LogP contribution in [0.4, 0.5) is 5.69 Å². The summed E-state index contributed by atoms with van der Waals surface area (Å²) in [5.74, 6) is -0.00819. The lowest BCUT2D eigenvalue weighted by molar-refractivity contribution is -0.117. The van der Waals surface area contributed by atoms with E-state index in [1.165, 1.54) is 19.3 Å². The van der Waals surface area contributed by atoms with Gasteiger partial charge in [0.05, 0.1) is 5.69 Å². The minimum absolute atomic E-state index is 0.00819. The Hall–Kier alpha value is -1.13. The van der Waals surface area contributed by atoms with Crippen LogP contribution in [0.5, 0.6) is 0 Å². The number of amides is 1. The van der Waals surface area contributed by atoms with Crippen LogP contribution in [-0.4, -0.2) is 23.5 Å². The lowest BCUT2D eigenvalue weighted by Gasteiger charge is -2.36. The number of anilines is 1. The summed E-state index contributed by atoms with van der Waals surface area (Å²) in [6.07, 6.45) is 7.82. The Labute approximate surface area is 118 Å². The molecule has 0 aliphatic heterocycles. The van der Waals surface area contributed by atoms with Crippen molar-refractivity contribution in [2.75, 3.05) is 12.4 Å². The molecule has 5 heteroatoms. The van der Waals surface area contributed by atoms with Gasteiger partial charge in [-0.25, -0.2) is 4.98 Å². The Morgan fingerprint density at radius 1 is 1.42 bits per heavy atom. The van der Waals surface area contributed by atoms with Crippen molar-refractivity contribution in [3.8, 4) is 0 Å². The molecule has 0 atom stereocenters. The van der Waals surface area contributed by atoms with Crippen LogP contribution in [0.1, 0.15) is 38.5 Å². The summed E-state index contributed by atoms with van der Waals surface area (Å²) in [7, 11) is 1.94. The van der Waals surface area contributed by atoms with Crippen LogP contribution in [0.3, 0.4) is 0 Å². The predicted octanol–water partition coefficient (Wildman–Crippen LogP) is 2.99. The summed E-state index contributed by atoms with van der Waals surface area (Å²) in [5, 5.41) is 6.51. The van der Waals surface area contributed by atoms with Crippen molar-refractivity contribution in [3.05, 3.63) is 23.5 Å². The molecule has 0 aromatic carbocycles. The maximum absolute atomic E-state index is 12.2. The smallest absolute Gasteiger partial charge is 0.226 e. The summed E-state index contributed by atoms with van der Waals surface area (Å²) in [4.78, 5) is 16.1. The number of halogens is 1. The second kappa shape index (κ2) is 6.35. The maximum atomic E-state index is 12.2. The molecule has 1 saturated carbocycles. The number of carbonyl (C=O) groups excluding carboxylic acids is 1. The van der Waals surface area contributed by atoms with Crippen LogP contribution in [0.15, 0.2) is 18.3 Å². The van der Waals surface area contributed by atoms with Gasteiger partial charge in [0.25, 0.3) is 0 Å². The second-order valence-electron chi connectivity index (χ2n) is 5.16. The summed E-state index contributed by atoms with van der Waals surface area (Å²) in [6.45, 7) is 0. The van der Waals surface area contributed by atoms with Crippen LogP contribution < -0.4 is 10.6 Å². The zero-order chi connectivity index (χ0) is 13.7. The average Bonchev–Trinajstić information content (AvgIpc) is 2.42. The topological polar surface area (TPSA) is 54.0 Å². The van der Waals surface area contributed by atoms with Gasteiger partial charge in [0.2, 0.25) is 5.91 Å². The molecular weight excluding hydrogens is 262 g/mol. The first-order chi connectivity index (χ1) is 9.15. The Morgan fingerprint density at radius 3 is 2.79 bits per heavy atom. The van der Waals surface area contributed by atoms with Crippen LogP contribution in [-0.2, 0) is 4.79 Å².